The van der Waals surface area contributed by atoms with Gasteiger partial charge >= 0.3 is 0 Å². The van der Waals surface area contributed by atoms with E-state index in [4.69, 9.17) is 14.2 Å². The molecule has 0 saturated heterocycles. The molecule has 0 saturated carbocycles. The summed E-state index contributed by atoms with van der Waals surface area (Å²) in [7, 11) is 2.12. The Morgan fingerprint density at radius 2 is 1.48 bits per heavy atom. The van der Waals surface area contributed by atoms with Gasteiger partial charge in [-0.25, -0.2) is 8.42 Å². The molecular weight excluding hydrogens is 444 g/mol. The van der Waals surface area contributed by atoms with Gasteiger partial charge in [0.15, 0.2) is 11.5 Å². The van der Waals surface area contributed by atoms with E-state index in [1.165, 1.54) is 39.5 Å². The number of sulfonamides is 1. The molecule has 0 aliphatic heterocycles. The first-order chi connectivity index (χ1) is 15.8. The van der Waals surface area contributed by atoms with Gasteiger partial charge in [-0.05, 0) is 54.1 Å². The second kappa shape index (κ2) is 10.3. The quantitative estimate of drug-likeness (QED) is 0.515. The maximum absolute atomic E-state index is 13.1. The highest BCUT2D eigenvalue weighted by Gasteiger charge is 2.23. The predicted molar refractivity (Wildman–Crippen MR) is 126 cm³/mol. The molecule has 33 heavy (non-hydrogen) atoms. The second-order valence-electron chi connectivity index (χ2n) is 7.07. The molecule has 3 rings (SSSR count). The van der Waals surface area contributed by atoms with Crippen LogP contribution in [0.3, 0.4) is 0 Å². The lowest BCUT2D eigenvalue weighted by Gasteiger charge is -2.20. The van der Waals surface area contributed by atoms with Crippen LogP contribution in [0.2, 0.25) is 0 Å². The van der Waals surface area contributed by atoms with E-state index in [-0.39, 0.29) is 10.8 Å². The van der Waals surface area contributed by atoms with Crippen molar-refractivity contribution in [1.82, 2.24) is 5.32 Å². The van der Waals surface area contributed by atoms with Gasteiger partial charge in [-0.3, -0.25) is 9.10 Å². The van der Waals surface area contributed by atoms with E-state index in [1.807, 2.05) is 24.3 Å². The number of amides is 1. The van der Waals surface area contributed by atoms with E-state index in [0.717, 1.165) is 15.6 Å². The molecule has 0 aromatic heterocycles. The predicted octanol–water partition coefficient (Wildman–Crippen LogP) is 3.47. The largest absolute Gasteiger partial charge is 0.497 e. The van der Waals surface area contributed by atoms with Crippen LogP contribution in [0.4, 0.5) is 5.69 Å². The zero-order valence-electron chi connectivity index (χ0n) is 18.9. The minimum absolute atomic E-state index is 0.0592. The Bertz CT molecular complexity index is 1210. The van der Waals surface area contributed by atoms with Crippen LogP contribution >= 0.6 is 0 Å². The summed E-state index contributed by atoms with van der Waals surface area (Å²) in [5.41, 5.74) is 1.77. The van der Waals surface area contributed by atoms with E-state index >= 15 is 0 Å². The summed E-state index contributed by atoms with van der Waals surface area (Å²) in [6.45, 7) is 0.359. The highest BCUT2D eigenvalue weighted by molar-refractivity contribution is 7.92. The molecule has 174 valence electrons. The molecule has 0 atom stereocenters. The average molecular weight is 471 g/mol. The van der Waals surface area contributed by atoms with Gasteiger partial charge in [0.25, 0.3) is 15.9 Å². The van der Waals surface area contributed by atoms with Gasteiger partial charge in [-0.1, -0.05) is 12.1 Å². The third kappa shape index (κ3) is 5.38. The van der Waals surface area contributed by atoms with Crippen LogP contribution in [-0.4, -0.2) is 42.7 Å². The Labute approximate surface area is 193 Å². The van der Waals surface area contributed by atoms with Gasteiger partial charge in [-0.15, -0.1) is 0 Å². The van der Waals surface area contributed by atoms with E-state index in [2.05, 4.69) is 5.32 Å². The molecule has 1 N–H and O–H groups in total. The second-order valence-corrected chi connectivity index (χ2v) is 9.04. The van der Waals surface area contributed by atoms with Crippen molar-refractivity contribution < 1.29 is 27.4 Å². The van der Waals surface area contributed by atoms with Crippen LogP contribution in [0.1, 0.15) is 15.9 Å². The van der Waals surface area contributed by atoms with Gasteiger partial charge in [0, 0.05) is 25.2 Å². The number of carbonyl (C=O) groups excluding carboxylic acids is 1. The molecule has 3 aromatic carbocycles. The Morgan fingerprint density at radius 1 is 0.848 bits per heavy atom. The topological polar surface area (TPSA) is 94.2 Å². The number of methoxy groups -OCH3 is 3. The summed E-state index contributed by atoms with van der Waals surface area (Å²) in [6, 6.07) is 18.1. The number of rotatable bonds is 9. The van der Waals surface area contributed by atoms with Gasteiger partial charge < -0.3 is 19.5 Å². The van der Waals surface area contributed by atoms with Crippen LogP contribution in [0.15, 0.2) is 71.6 Å². The van der Waals surface area contributed by atoms with Crippen LogP contribution in [-0.2, 0) is 16.6 Å². The molecule has 0 aliphatic rings. The smallest absolute Gasteiger partial charge is 0.264 e. The molecule has 8 nitrogen and oxygen atoms in total. The average Bonchev–Trinajstić information content (AvgIpc) is 2.86. The van der Waals surface area contributed by atoms with Crippen molar-refractivity contribution in [2.24, 2.45) is 0 Å². The molecule has 3 aromatic rings. The summed E-state index contributed by atoms with van der Waals surface area (Å²) in [5.74, 6) is 1.23. The summed E-state index contributed by atoms with van der Waals surface area (Å²) in [5, 5.41) is 2.84. The fourth-order valence-electron chi connectivity index (χ4n) is 3.12. The standard InChI is InChI=1S/C24H26N2O6S/c1-26(33(28,29)21-13-14-22(31-3)23(15-21)32-4)19-9-7-18(8-10-19)24(27)25-16-17-5-11-20(30-2)12-6-17/h5-15H,16H2,1-4H3,(H,25,27). The van der Waals surface area contributed by atoms with Crippen molar-refractivity contribution in [3.05, 3.63) is 77.9 Å². The number of hydrogen-bond donors (Lipinski definition) is 1. The minimum atomic E-state index is -3.85. The van der Waals surface area contributed by atoms with E-state index in [9.17, 15) is 13.2 Å². The molecule has 0 unspecified atom stereocenters. The van der Waals surface area contributed by atoms with Crippen LogP contribution in [0, 0.1) is 0 Å². The van der Waals surface area contributed by atoms with Gasteiger partial charge in [0.05, 0.1) is 31.9 Å². The van der Waals surface area contributed by atoms with Gasteiger partial charge in [0.2, 0.25) is 0 Å². The Morgan fingerprint density at radius 3 is 2.06 bits per heavy atom. The van der Waals surface area contributed by atoms with Gasteiger partial charge in [-0.2, -0.15) is 0 Å². The fourth-order valence-corrected chi connectivity index (χ4v) is 4.34. The summed E-state index contributed by atoms with van der Waals surface area (Å²) < 4.78 is 42.8. The molecule has 0 spiro atoms. The number of benzene rings is 3. The Kier molecular flexibility index (Phi) is 7.44. The summed E-state index contributed by atoms with van der Waals surface area (Å²) >= 11 is 0. The normalized spacial score (nSPS) is 10.9. The number of nitrogens with zero attached hydrogens (tertiary/aromatic N) is 1. The third-order valence-electron chi connectivity index (χ3n) is 5.12. The Balaban J connectivity index is 1.71. The third-order valence-corrected chi connectivity index (χ3v) is 6.90. The highest BCUT2D eigenvalue weighted by atomic mass is 32.2. The lowest BCUT2D eigenvalue weighted by molar-refractivity contribution is 0.0951. The number of nitrogens with one attached hydrogen (secondary N) is 1. The minimum Gasteiger partial charge on any atom is -0.497 e. The number of anilines is 1. The maximum Gasteiger partial charge on any atom is 0.264 e. The molecule has 1 amide bonds. The molecule has 0 fully saturated rings. The maximum atomic E-state index is 13.1. The molecular formula is C24H26N2O6S. The summed E-state index contributed by atoms with van der Waals surface area (Å²) in [4.78, 5) is 12.5. The lowest BCUT2D eigenvalue weighted by atomic mass is 10.1. The van der Waals surface area contributed by atoms with Crippen LogP contribution < -0.4 is 23.8 Å². The lowest BCUT2D eigenvalue weighted by Crippen LogP contribution is -2.27. The van der Waals surface area contributed by atoms with Crippen LogP contribution in [0.25, 0.3) is 0 Å². The zero-order valence-corrected chi connectivity index (χ0v) is 19.7. The first kappa shape index (κ1) is 23.9. The van der Waals surface area contributed by atoms with Crippen LogP contribution in [0.5, 0.6) is 17.2 Å². The van der Waals surface area contributed by atoms with E-state index in [1.54, 1.807) is 31.4 Å². The molecule has 9 heteroatoms. The van der Waals surface area contributed by atoms with Crippen molar-refractivity contribution >= 4 is 21.6 Å². The van der Waals surface area contributed by atoms with Crippen molar-refractivity contribution in [1.29, 1.82) is 0 Å². The molecule has 0 radical (unpaired) electrons. The highest BCUT2D eigenvalue weighted by Crippen LogP contribution is 2.31. The van der Waals surface area contributed by atoms with E-state index in [0.29, 0.717) is 29.3 Å². The fraction of sp³-hybridized carbons (Fsp3) is 0.208. The van der Waals surface area contributed by atoms with E-state index < -0.39 is 10.0 Å². The van der Waals surface area contributed by atoms with Crippen molar-refractivity contribution in [3.63, 3.8) is 0 Å². The monoisotopic (exact) mass is 470 g/mol. The Hall–Kier alpha value is -3.72. The number of ether oxygens (including phenoxy) is 3. The summed E-state index contributed by atoms with van der Waals surface area (Å²) in [6.07, 6.45) is 0. The number of carbonyl (C=O) groups is 1. The SMILES string of the molecule is COc1ccc(CNC(=O)c2ccc(N(C)S(=O)(=O)c3ccc(OC)c(OC)c3)cc2)cc1. The first-order valence-electron chi connectivity index (χ1n) is 10.0. The first-order valence-corrected chi connectivity index (χ1v) is 11.5. The molecule has 0 heterocycles. The van der Waals surface area contributed by atoms with Gasteiger partial charge in [0.1, 0.15) is 5.75 Å². The van der Waals surface area contributed by atoms with Crippen molar-refractivity contribution in [3.8, 4) is 17.2 Å². The number of hydrogen-bond acceptors (Lipinski definition) is 6. The van der Waals surface area contributed by atoms with Crippen molar-refractivity contribution in [2.75, 3.05) is 32.7 Å². The zero-order chi connectivity index (χ0) is 24.0. The molecule has 0 bridgehead atoms. The van der Waals surface area contributed by atoms with Crippen molar-refractivity contribution in [2.45, 2.75) is 11.4 Å². The molecule has 0 aliphatic carbocycles.